The van der Waals surface area contributed by atoms with E-state index in [1.165, 1.54) is 18.3 Å². The molecule has 0 spiro atoms. The zero-order valence-electron chi connectivity index (χ0n) is 9.10. The van der Waals surface area contributed by atoms with Crippen molar-refractivity contribution >= 4 is 31.8 Å². The molecule has 0 aliphatic rings. The average Bonchev–Trinajstić information content (AvgIpc) is 2.67. The molecule has 0 radical (unpaired) electrons. The van der Waals surface area contributed by atoms with E-state index >= 15 is 0 Å². The first-order valence-corrected chi connectivity index (χ1v) is 6.67. The summed E-state index contributed by atoms with van der Waals surface area (Å²) in [6, 6.07) is 6.17. The van der Waals surface area contributed by atoms with Crippen LogP contribution in [0, 0.1) is 0 Å². The molecule has 0 saturated heterocycles. The standard InChI is InChI=1S/C11H9N3O3S/c12-18(16,17)6-1-2-9-8(5-6)7-3-4-13-11(15)10(7)14-9/h1-5,14H,(H,13,15)(H2,12,16,17). The highest BCUT2D eigenvalue weighted by Crippen LogP contribution is 2.25. The van der Waals surface area contributed by atoms with E-state index in [2.05, 4.69) is 9.97 Å². The van der Waals surface area contributed by atoms with Crippen LogP contribution < -0.4 is 10.7 Å². The number of fused-ring (bicyclic) bond motifs is 3. The molecule has 3 rings (SSSR count). The number of aromatic nitrogens is 2. The Morgan fingerprint density at radius 2 is 1.89 bits per heavy atom. The monoisotopic (exact) mass is 263 g/mol. The fourth-order valence-corrected chi connectivity index (χ4v) is 2.53. The van der Waals surface area contributed by atoms with Crippen molar-refractivity contribution in [2.24, 2.45) is 5.14 Å². The van der Waals surface area contributed by atoms with Gasteiger partial charge in [-0.25, -0.2) is 13.6 Å². The van der Waals surface area contributed by atoms with Crippen molar-refractivity contribution in [2.45, 2.75) is 4.90 Å². The van der Waals surface area contributed by atoms with E-state index in [9.17, 15) is 13.2 Å². The first-order valence-electron chi connectivity index (χ1n) is 5.13. The number of nitrogens with one attached hydrogen (secondary N) is 2. The summed E-state index contributed by atoms with van der Waals surface area (Å²) in [5.74, 6) is 0. The first kappa shape index (κ1) is 11.0. The van der Waals surface area contributed by atoms with Gasteiger partial charge in [0.2, 0.25) is 10.0 Å². The molecule has 0 unspecified atom stereocenters. The Labute approximate surface area is 101 Å². The molecule has 0 aliphatic heterocycles. The van der Waals surface area contributed by atoms with Crippen LogP contribution in [0.25, 0.3) is 21.8 Å². The second-order valence-electron chi connectivity index (χ2n) is 3.97. The highest BCUT2D eigenvalue weighted by molar-refractivity contribution is 7.89. The van der Waals surface area contributed by atoms with E-state index in [4.69, 9.17) is 5.14 Å². The summed E-state index contributed by atoms with van der Waals surface area (Å²) >= 11 is 0. The van der Waals surface area contributed by atoms with E-state index in [1.807, 2.05) is 0 Å². The van der Waals surface area contributed by atoms with Gasteiger partial charge in [0, 0.05) is 22.5 Å². The Hall–Kier alpha value is -2.12. The minimum atomic E-state index is -3.75. The normalized spacial score (nSPS) is 12.3. The van der Waals surface area contributed by atoms with Crippen molar-refractivity contribution in [2.75, 3.05) is 0 Å². The predicted octanol–water partition coefficient (Wildman–Crippen LogP) is 0.657. The summed E-state index contributed by atoms with van der Waals surface area (Å²) in [6.45, 7) is 0. The van der Waals surface area contributed by atoms with E-state index in [0.717, 1.165) is 0 Å². The van der Waals surface area contributed by atoms with Crippen molar-refractivity contribution in [3.63, 3.8) is 0 Å². The van der Waals surface area contributed by atoms with Gasteiger partial charge in [-0.15, -0.1) is 0 Å². The molecule has 18 heavy (non-hydrogen) atoms. The zero-order valence-corrected chi connectivity index (χ0v) is 9.91. The van der Waals surface area contributed by atoms with E-state index in [-0.39, 0.29) is 10.5 Å². The number of primary sulfonamides is 1. The third-order valence-electron chi connectivity index (χ3n) is 2.83. The molecule has 3 aromatic rings. The molecule has 0 fully saturated rings. The average molecular weight is 263 g/mol. The number of nitrogens with two attached hydrogens (primary N) is 1. The molecule has 4 N–H and O–H groups in total. The van der Waals surface area contributed by atoms with Gasteiger partial charge in [-0.2, -0.15) is 0 Å². The van der Waals surface area contributed by atoms with Crippen LogP contribution in [0.15, 0.2) is 40.2 Å². The van der Waals surface area contributed by atoms with Crippen LogP contribution in [0.4, 0.5) is 0 Å². The van der Waals surface area contributed by atoms with E-state index < -0.39 is 10.0 Å². The molecule has 92 valence electrons. The van der Waals surface area contributed by atoms with Gasteiger partial charge in [0.05, 0.1) is 4.90 Å². The van der Waals surface area contributed by atoms with Crippen LogP contribution in [0.1, 0.15) is 0 Å². The molecule has 0 atom stereocenters. The lowest BCUT2D eigenvalue weighted by molar-refractivity contribution is 0.598. The second kappa shape index (κ2) is 3.44. The highest BCUT2D eigenvalue weighted by Gasteiger charge is 2.12. The van der Waals surface area contributed by atoms with Gasteiger partial charge >= 0.3 is 0 Å². The molecule has 0 amide bonds. The largest absolute Gasteiger partial charge is 0.350 e. The van der Waals surface area contributed by atoms with Crippen molar-refractivity contribution in [3.05, 3.63) is 40.8 Å². The Morgan fingerprint density at radius 3 is 2.61 bits per heavy atom. The van der Waals surface area contributed by atoms with Crippen molar-refractivity contribution in [1.82, 2.24) is 9.97 Å². The van der Waals surface area contributed by atoms with E-state index in [1.54, 1.807) is 12.1 Å². The number of rotatable bonds is 1. The highest BCUT2D eigenvalue weighted by atomic mass is 32.2. The first-order chi connectivity index (χ1) is 8.47. The van der Waals surface area contributed by atoms with Crippen LogP contribution in [0.3, 0.4) is 0 Å². The number of aromatic amines is 2. The number of hydrogen-bond donors (Lipinski definition) is 3. The molecular formula is C11H9N3O3S. The number of hydrogen-bond acceptors (Lipinski definition) is 3. The minimum Gasteiger partial charge on any atom is -0.350 e. The van der Waals surface area contributed by atoms with Crippen molar-refractivity contribution in [1.29, 1.82) is 0 Å². The fraction of sp³-hybridized carbons (Fsp3) is 0. The number of benzene rings is 1. The van der Waals surface area contributed by atoms with Gasteiger partial charge < -0.3 is 9.97 Å². The molecule has 0 saturated carbocycles. The maximum Gasteiger partial charge on any atom is 0.272 e. The quantitative estimate of drug-likeness (QED) is 0.599. The Morgan fingerprint density at radius 1 is 1.11 bits per heavy atom. The Kier molecular flexibility index (Phi) is 2.10. The smallest absolute Gasteiger partial charge is 0.272 e. The molecule has 1 aromatic carbocycles. The summed E-state index contributed by atoms with van der Waals surface area (Å²) in [7, 11) is -3.75. The van der Waals surface area contributed by atoms with Crippen molar-refractivity contribution in [3.8, 4) is 0 Å². The minimum absolute atomic E-state index is 0.0242. The van der Waals surface area contributed by atoms with Crippen LogP contribution in [-0.2, 0) is 10.0 Å². The molecule has 7 heteroatoms. The molecular weight excluding hydrogens is 254 g/mol. The molecule has 2 heterocycles. The second-order valence-corrected chi connectivity index (χ2v) is 5.53. The van der Waals surface area contributed by atoms with Gasteiger partial charge in [-0.05, 0) is 24.3 Å². The summed E-state index contributed by atoms with van der Waals surface area (Å²) in [5, 5.41) is 6.41. The number of H-pyrrole nitrogens is 2. The van der Waals surface area contributed by atoms with Gasteiger partial charge in [0.15, 0.2) is 0 Å². The maximum atomic E-state index is 11.6. The molecule has 0 aliphatic carbocycles. The maximum absolute atomic E-state index is 11.6. The predicted molar refractivity (Wildman–Crippen MR) is 67.8 cm³/mol. The Bertz CT molecular complexity index is 922. The molecule has 6 nitrogen and oxygen atoms in total. The summed E-state index contributed by atoms with van der Waals surface area (Å²) in [6.07, 6.45) is 1.52. The third-order valence-corrected chi connectivity index (χ3v) is 3.74. The van der Waals surface area contributed by atoms with Crippen LogP contribution >= 0.6 is 0 Å². The number of pyridine rings is 1. The zero-order chi connectivity index (χ0) is 12.9. The number of sulfonamides is 1. The van der Waals surface area contributed by atoms with Crippen LogP contribution in [-0.4, -0.2) is 18.4 Å². The fourth-order valence-electron chi connectivity index (χ4n) is 1.99. The topological polar surface area (TPSA) is 109 Å². The van der Waals surface area contributed by atoms with Gasteiger partial charge in [0.1, 0.15) is 5.52 Å². The lowest BCUT2D eigenvalue weighted by atomic mass is 10.2. The molecule has 2 aromatic heterocycles. The summed E-state index contributed by atoms with van der Waals surface area (Å²) in [5.41, 5.74) is 0.856. The van der Waals surface area contributed by atoms with E-state index in [0.29, 0.717) is 21.8 Å². The lowest BCUT2D eigenvalue weighted by Gasteiger charge is -1.97. The van der Waals surface area contributed by atoms with Crippen molar-refractivity contribution < 1.29 is 8.42 Å². The third kappa shape index (κ3) is 1.52. The summed E-state index contributed by atoms with van der Waals surface area (Å²) in [4.78, 5) is 17.1. The SMILES string of the molecule is NS(=O)(=O)c1ccc2[nH]c3c(=O)[nH]ccc3c2c1. The van der Waals surface area contributed by atoms with Crippen LogP contribution in [0.2, 0.25) is 0 Å². The van der Waals surface area contributed by atoms with Gasteiger partial charge in [-0.1, -0.05) is 0 Å². The van der Waals surface area contributed by atoms with Gasteiger partial charge in [0.25, 0.3) is 5.56 Å². The Balaban J connectivity index is 2.51. The molecule has 0 bridgehead atoms. The van der Waals surface area contributed by atoms with Gasteiger partial charge in [-0.3, -0.25) is 4.79 Å². The lowest BCUT2D eigenvalue weighted by Crippen LogP contribution is -2.11. The van der Waals surface area contributed by atoms with Crippen LogP contribution in [0.5, 0.6) is 0 Å². The summed E-state index contributed by atoms with van der Waals surface area (Å²) < 4.78 is 22.6.